The van der Waals surface area contributed by atoms with Crippen LogP contribution in [-0.2, 0) is 4.74 Å². The summed E-state index contributed by atoms with van der Waals surface area (Å²) in [6.07, 6.45) is 0. The van der Waals surface area contributed by atoms with Crippen molar-refractivity contribution in [3.63, 3.8) is 0 Å². The van der Waals surface area contributed by atoms with Gasteiger partial charge in [0.25, 0.3) is 0 Å². The lowest BCUT2D eigenvalue weighted by molar-refractivity contribution is 0.124. The van der Waals surface area contributed by atoms with Crippen molar-refractivity contribution in [3.8, 4) is 11.5 Å². The molecule has 96 valence electrons. The monoisotopic (exact) mass is 239 g/mol. The summed E-state index contributed by atoms with van der Waals surface area (Å²) in [5, 5.41) is 3.22. The van der Waals surface area contributed by atoms with E-state index in [9.17, 15) is 0 Å². The molecule has 0 aliphatic rings. The van der Waals surface area contributed by atoms with Crippen molar-refractivity contribution in [1.29, 1.82) is 0 Å². The number of likely N-dealkylation sites (N-methyl/N-ethyl adjacent to an activating group) is 1. The molecule has 17 heavy (non-hydrogen) atoms. The Morgan fingerprint density at radius 1 is 1.24 bits per heavy atom. The summed E-state index contributed by atoms with van der Waals surface area (Å²) in [4.78, 5) is 0. The van der Waals surface area contributed by atoms with E-state index < -0.39 is 0 Å². The maximum Gasteiger partial charge on any atom is 0.165 e. The highest BCUT2D eigenvalue weighted by molar-refractivity contribution is 5.48. The molecule has 0 aliphatic carbocycles. The first-order valence-electron chi connectivity index (χ1n) is 5.74. The Labute approximate surface area is 103 Å². The molecule has 0 aromatic heterocycles. The second-order valence-electron chi connectivity index (χ2n) is 3.58. The largest absolute Gasteiger partial charge is 0.493 e. The van der Waals surface area contributed by atoms with Crippen LogP contribution in [0.4, 0.5) is 0 Å². The van der Waals surface area contributed by atoms with E-state index in [1.807, 2.05) is 32.2 Å². The highest BCUT2D eigenvalue weighted by Gasteiger charge is 2.17. The fraction of sp³-hybridized carbons (Fsp3) is 0.538. The van der Waals surface area contributed by atoms with Crippen LogP contribution in [0.3, 0.4) is 0 Å². The zero-order chi connectivity index (χ0) is 12.7. The Morgan fingerprint density at radius 2 is 2.00 bits per heavy atom. The number of methoxy groups -OCH3 is 2. The van der Waals surface area contributed by atoms with E-state index in [1.54, 1.807) is 14.2 Å². The molecule has 0 saturated heterocycles. The maximum atomic E-state index is 5.46. The Balaban J connectivity index is 3.00. The third-order valence-electron chi connectivity index (χ3n) is 2.65. The van der Waals surface area contributed by atoms with Crippen molar-refractivity contribution in [1.82, 2.24) is 5.32 Å². The first kappa shape index (κ1) is 13.8. The lowest BCUT2D eigenvalue weighted by Gasteiger charge is -2.20. The molecule has 1 unspecified atom stereocenters. The first-order chi connectivity index (χ1) is 8.28. The van der Waals surface area contributed by atoms with E-state index in [0.717, 1.165) is 17.1 Å². The first-order valence-corrected chi connectivity index (χ1v) is 5.74. The summed E-state index contributed by atoms with van der Waals surface area (Å²) in [6, 6.07) is 5.95. The van der Waals surface area contributed by atoms with E-state index in [0.29, 0.717) is 13.2 Å². The van der Waals surface area contributed by atoms with Crippen LogP contribution in [0.2, 0.25) is 0 Å². The molecule has 0 amide bonds. The van der Waals surface area contributed by atoms with Crippen molar-refractivity contribution in [2.24, 2.45) is 0 Å². The highest BCUT2D eigenvalue weighted by Crippen LogP contribution is 2.34. The van der Waals surface area contributed by atoms with Crippen LogP contribution < -0.4 is 14.8 Å². The molecule has 0 heterocycles. The zero-order valence-electron chi connectivity index (χ0n) is 10.9. The quantitative estimate of drug-likeness (QED) is 0.790. The predicted octanol–water partition coefficient (Wildman–Crippen LogP) is 2.00. The van der Waals surface area contributed by atoms with Crippen LogP contribution >= 0.6 is 0 Å². The van der Waals surface area contributed by atoms with Gasteiger partial charge in [-0.25, -0.2) is 0 Å². The van der Waals surface area contributed by atoms with Gasteiger partial charge >= 0.3 is 0 Å². The predicted molar refractivity (Wildman–Crippen MR) is 67.8 cm³/mol. The number of hydrogen-bond donors (Lipinski definition) is 1. The van der Waals surface area contributed by atoms with Gasteiger partial charge in [-0.15, -0.1) is 0 Å². The van der Waals surface area contributed by atoms with Crippen LogP contribution in [-0.4, -0.2) is 34.5 Å². The van der Waals surface area contributed by atoms with Crippen molar-refractivity contribution in [2.45, 2.75) is 13.0 Å². The highest BCUT2D eigenvalue weighted by atomic mass is 16.5. The molecule has 0 aliphatic heterocycles. The molecule has 1 atom stereocenters. The van der Waals surface area contributed by atoms with Crippen molar-refractivity contribution < 1.29 is 14.2 Å². The molecule has 0 spiro atoms. The molecular formula is C13H21NO3. The van der Waals surface area contributed by atoms with Crippen LogP contribution in [0.15, 0.2) is 18.2 Å². The molecule has 0 saturated carbocycles. The van der Waals surface area contributed by atoms with Gasteiger partial charge in [0.15, 0.2) is 11.5 Å². The maximum absolute atomic E-state index is 5.46. The van der Waals surface area contributed by atoms with Crippen LogP contribution in [0, 0.1) is 0 Å². The molecule has 4 heteroatoms. The number of ether oxygens (including phenoxy) is 3. The van der Waals surface area contributed by atoms with Gasteiger partial charge < -0.3 is 19.5 Å². The van der Waals surface area contributed by atoms with E-state index >= 15 is 0 Å². The molecule has 1 aromatic rings. The van der Waals surface area contributed by atoms with E-state index in [-0.39, 0.29) is 6.04 Å². The zero-order valence-corrected chi connectivity index (χ0v) is 10.9. The summed E-state index contributed by atoms with van der Waals surface area (Å²) in [5.41, 5.74) is 1.04. The fourth-order valence-corrected chi connectivity index (χ4v) is 1.75. The van der Waals surface area contributed by atoms with Gasteiger partial charge in [0.2, 0.25) is 0 Å². The number of rotatable bonds is 7. The van der Waals surface area contributed by atoms with Gasteiger partial charge in [0, 0.05) is 12.2 Å². The second kappa shape index (κ2) is 7.14. The molecule has 4 nitrogen and oxygen atoms in total. The Bertz CT molecular complexity index is 341. The van der Waals surface area contributed by atoms with Crippen molar-refractivity contribution in [3.05, 3.63) is 23.8 Å². The lowest BCUT2D eigenvalue weighted by Crippen LogP contribution is -2.22. The van der Waals surface area contributed by atoms with Gasteiger partial charge in [-0.1, -0.05) is 12.1 Å². The van der Waals surface area contributed by atoms with Gasteiger partial charge in [-0.3, -0.25) is 0 Å². The van der Waals surface area contributed by atoms with Crippen LogP contribution in [0.5, 0.6) is 11.5 Å². The number of para-hydroxylation sites is 1. The number of benzene rings is 1. The SMILES string of the molecule is CCOCC(NC)c1cccc(OC)c1OC. The van der Waals surface area contributed by atoms with E-state index in [1.165, 1.54) is 0 Å². The molecule has 0 radical (unpaired) electrons. The Morgan fingerprint density at radius 3 is 2.53 bits per heavy atom. The minimum Gasteiger partial charge on any atom is -0.493 e. The Kier molecular flexibility index (Phi) is 5.80. The van der Waals surface area contributed by atoms with Gasteiger partial charge in [0.1, 0.15) is 0 Å². The summed E-state index contributed by atoms with van der Waals surface area (Å²) < 4.78 is 16.1. The average molecular weight is 239 g/mol. The third-order valence-corrected chi connectivity index (χ3v) is 2.65. The van der Waals surface area contributed by atoms with Gasteiger partial charge in [-0.05, 0) is 20.0 Å². The molecule has 0 fully saturated rings. The minimum atomic E-state index is 0.0972. The lowest BCUT2D eigenvalue weighted by atomic mass is 10.1. The second-order valence-corrected chi connectivity index (χ2v) is 3.58. The summed E-state index contributed by atoms with van der Waals surface area (Å²) >= 11 is 0. The topological polar surface area (TPSA) is 39.7 Å². The normalized spacial score (nSPS) is 12.2. The number of hydrogen-bond acceptors (Lipinski definition) is 4. The van der Waals surface area contributed by atoms with Crippen LogP contribution in [0.25, 0.3) is 0 Å². The van der Waals surface area contributed by atoms with Gasteiger partial charge in [-0.2, -0.15) is 0 Å². The fourth-order valence-electron chi connectivity index (χ4n) is 1.75. The van der Waals surface area contributed by atoms with E-state index in [2.05, 4.69) is 5.32 Å². The van der Waals surface area contributed by atoms with Crippen molar-refractivity contribution >= 4 is 0 Å². The van der Waals surface area contributed by atoms with Crippen molar-refractivity contribution in [2.75, 3.05) is 34.5 Å². The molecule has 1 N–H and O–H groups in total. The summed E-state index contributed by atoms with van der Waals surface area (Å²) in [6.45, 7) is 3.29. The Hall–Kier alpha value is -1.26. The minimum absolute atomic E-state index is 0.0972. The third kappa shape index (κ3) is 3.35. The standard InChI is InChI=1S/C13H21NO3/c1-5-17-9-11(14-2)10-7-6-8-12(15-3)13(10)16-4/h6-8,11,14H,5,9H2,1-4H3. The van der Waals surface area contributed by atoms with Gasteiger partial charge in [0.05, 0.1) is 26.9 Å². The van der Waals surface area contributed by atoms with E-state index in [4.69, 9.17) is 14.2 Å². The van der Waals surface area contributed by atoms with Crippen LogP contribution in [0.1, 0.15) is 18.5 Å². The smallest absolute Gasteiger partial charge is 0.165 e. The molecule has 1 rings (SSSR count). The number of nitrogens with one attached hydrogen (secondary N) is 1. The molecular weight excluding hydrogens is 218 g/mol. The molecule has 0 bridgehead atoms. The summed E-state index contributed by atoms with van der Waals surface area (Å²) in [7, 11) is 5.19. The molecule has 1 aromatic carbocycles. The summed E-state index contributed by atoms with van der Waals surface area (Å²) in [5.74, 6) is 1.50. The average Bonchev–Trinajstić information content (AvgIpc) is 2.39.